The van der Waals surface area contributed by atoms with Crippen LogP contribution in [0, 0.1) is 11.3 Å². The summed E-state index contributed by atoms with van der Waals surface area (Å²) in [6, 6.07) is -0.300. The molecule has 1 saturated heterocycles. The Balaban J connectivity index is 2.53. The average molecular weight is 283 g/mol. The summed E-state index contributed by atoms with van der Waals surface area (Å²) < 4.78 is 0. The monoisotopic (exact) mass is 283 g/mol. The van der Waals surface area contributed by atoms with Gasteiger partial charge in [-0.2, -0.15) is 0 Å². The van der Waals surface area contributed by atoms with Crippen LogP contribution >= 0.6 is 0 Å². The van der Waals surface area contributed by atoms with Gasteiger partial charge in [0.05, 0.1) is 12.6 Å². The van der Waals surface area contributed by atoms with Crippen LogP contribution in [0.4, 0.5) is 0 Å². The minimum Gasteiger partial charge on any atom is -0.346 e. The van der Waals surface area contributed by atoms with Gasteiger partial charge in [0.15, 0.2) is 0 Å². The Labute approximate surface area is 122 Å². The molecule has 5 nitrogen and oxygen atoms in total. The van der Waals surface area contributed by atoms with Crippen molar-refractivity contribution >= 4 is 11.8 Å². The molecule has 0 aromatic carbocycles. The lowest BCUT2D eigenvalue weighted by Crippen LogP contribution is -2.50. The van der Waals surface area contributed by atoms with Gasteiger partial charge in [-0.3, -0.25) is 9.59 Å². The fourth-order valence-electron chi connectivity index (χ4n) is 2.65. The molecule has 2 atom stereocenters. The summed E-state index contributed by atoms with van der Waals surface area (Å²) in [6.07, 6.45) is 2.07. The first-order chi connectivity index (χ1) is 9.14. The van der Waals surface area contributed by atoms with Crippen molar-refractivity contribution in [2.75, 3.05) is 13.1 Å². The lowest BCUT2D eigenvalue weighted by atomic mass is 9.85. The normalized spacial score (nSPS) is 21.1. The minimum absolute atomic E-state index is 0.00766. The highest BCUT2D eigenvalue weighted by Gasteiger charge is 2.36. The van der Waals surface area contributed by atoms with Gasteiger partial charge in [0.1, 0.15) is 0 Å². The number of nitrogens with one attached hydrogen (secondary N) is 1. The molecule has 0 aromatic rings. The van der Waals surface area contributed by atoms with Gasteiger partial charge in [-0.25, -0.2) is 0 Å². The van der Waals surface area contributed by atoms with E-state index in [1.54, 1.807) is 0 Å². The Bertz CT molecular complexity index is 361. The molecular formula is C15H29N3O2. The number of likely N-dealkylation sites (tertiary alicyclic amines) is 1. The van der Waals surface area contributed by atoms with Crippen LogP contribution in [0.25, 0.3) is 0 Å². The van der Waals surface area contributed by atoms with E-state index in [0.29, 0.717) is 0 Å². The number of carbonyl (C=O) groups is 2. The van der Waals surface area contributed by atoms with Gasteiger partial charge in [-0.05, 0) is 24.2 Å². The maximum atomic E-state index is 12.3. The van der Waals surface area contributed by atoms with Gasteiger partial charge in [0.2, 0.25) is 11.8 Å². The first-order valence-corrected chi connectivity index (χ1v) is 7.47. The predicted octanol–water partition coefficient (Wildman–Crippen LogP) is 1.12. The summed E-state index contributed by atoms with van der Waals surface area (Å²) >= 11 is 0. The summed E-state index contributed by atoms with van der Waals surface area (Å²) in [6.45, 7) is 11.1. The van der Waals surface area contributed by atoms with E-state index < -0.39 is 6.04 Å². The van der Waals surface area contributed by atoms with E-state index in [0.717, 1.165) is 19.4 Å². The maximum absolute atomic E-state index is 12.3. The number of nitrogens with zero attached hydrogens (tertiary/aromatic N) is 1. The van der Waals surface area contributed by atoms with Gasteiger partial charge in [-0.15, -0.1) is 0 Å². The lowest BCUT2D eigenvalue weighted by molar-refractivity contribution is -0.135. The molecule has 20 heavy (non-hydrogen) atoms. The van der Waals surface area contributed by atoms with E-state index in [4.69, 9.17) is 5.73 Å². The first kappa shape index (κ1) is 17.0. The molecular weight excluding hydrogens is 254 g/mol. The lowest BCUT2D eigenvalue weighted by Gasteiger charge is -2.35. The summed E-state index contributed by atoms with van der Waals surface area (Å²) in [5.74, 6) is -0.189. The fourth-order valence-corrected chi connectivity index (χ4v) is 2.65. The van der Waals surface area contributed by atoms with Crippen LogP contribution in [0.5, 0.6) is 0 Å². The van der Waals surface area contributed by atoms with Crippen LogP contribution in [0.2, 0.25) is 0 Å². The third-order valence-electron chi connectivity index (χ3n) is 4.01. The molecule has 1 aliphatic heterocycles. The largest absolute Gasteiger partial charge is 0.346 e. The number of amides is 2. The van der Waals surface area contributed by atoms with Crippen molar-refractivity contribution in [3.8, 4) is 0 Å². The molecule has 2 amide bonds. The number of hydrogen-bond donors (Lipinski definition) is 2. The Morgan fingerprint density at radius 1 is 1.35 bits per heavy atom. The van der Waals surface area contributed by atoms with Gasteiger partial charge in [0.25, 0.3) is 0 Å². The molecule has 116 valence electrons. The molecule has 1 unspecified atom stereocenters. The molecule has 0 spiro atoms. The van der Waals surface area contributed by atoms with E-state index in [1.165, 1.54) is 0 Å². The van der Waals surface area contributed by atoms with Gasteiger partial charge in [-0.1, -0.05) is 34.6 Å². The fraction of sp³-hybridized carbons (Fsp3) is 0.867. The van der Waals surface area contributed by atoms with E-state index in [-0.39, 0.29) is 35.7 Å². The Hall–Kier alpha value is -1.10. The standard InChI is InChI=1S/C15H29N3O2/c1-10(2)13(16)14(20)17-9-12(19)18-8-6-7-11(18)15(3,4)5/h10-11,13H,6-9,16H2,1-5H3,(H,17,20)/t11?,13-/m0/s1. The highest BCUT2D eigenvalue weighted by molar-refractivity contribution is 5.87. The maximum Gasteiger partial charge on any atom is 0.242 e. The number of rotatable bonds is 4. The van der Waals surface area contributed by atoms with Crippen molar-refractivity contribution < 1.29 is 9.59 Å². The summed E-state index contributed by atoms with van der Waals surface area (Å²) in [7, 11) is 0. The molecule has 1 aliphatic rings. The summed E-state index contributed by atoms with van der Waals surface area (Å²) in [5.41, 5.74) is 5.83. The van der Waals surface area contributed by atoms with E-state index in [1.807, 2.05) is 18.7 Å². The molecule has 1 rings (SSSR count). The zero-order valence-corrected chi connectivity index (χ0v) is 13.4. The molecule has 0 radical (unpaired) electrons. The van der Waals surface area contributed by atoms with Gasteiger partial charge >= 0.3 is 0 Å². The third kappa shape index (κ3) is 4.20. The van der Waals surface area contributed by atoms with E-state index in [9.17, 15) is 9.59 Å². The van der Waals surface area contributed by atoms with Crippen LogP contribution in [-0.2, 0) is 9.59 Å². The number of carbonyl (C=O) groups excluding carboxylic acids is 2. The molecule has 0 saturated carbocycles. The SMILES string of the molecule is CC(C)[C@H](N)C(=O)NCC(=O)N1CCCC1C(C)(C)C. The first-order valence-electron chi connectivity index (χ1n) is 7.47. The molecule has 1 heterocycles. The van der Waals surface area contributed by atoms with Crippen molar-refractivity contribution in [3.63, 3.8) is 0 Å². The van der Waals surface area contributed by atoms with Crippen molar-refractivity contribution in [3.05, 3.63) is 0 Å². The summed E-state index contributed by atoms with van der Waals surface area (Å²) in [5, 5.41) is 2.66. The van der Waals surface area contributed by atoms with Crippen LogP contribution in [0.1, 0.15) is 47.5 Å². The second kappa shape index (κ2) is 6.57. The molecule has 0 aromatic heterocycles. The van der Waals surface area contributed by atoms with Crippen LogP contribution in [-0.4, -0.2) is 41.9 Å². The van der Waals surface area contributed by atoms with Gasteiger partial charge < -0.3 is 16.0 Å². The predicted molar refractivity (Wildman–Crippen MR) is 80.0 cm³/mol. The average Bonchev–Trinajstić information content (AvgIpc) is 2.83. The van der Waals surface area contributed by atoms with E-state index >= 15 is 0 Å². The number of hydrogen-bond acceptors (Lipinski definition) is 3. The Kier molecular flexibility index (Phi) is 5.57. The van der Waals surface area contributed by atoms with Crippen LogP contribution < -0.4 is 11.1 Å². The highest BCUT2D eigenvalue weighted by atomic mass is 16.2. The zero-order valence-electron chi connectivity index (χ0n) is 13.4. The van der Waals surface area contributed by atoms with Crippen molar-refractivity contribution in [1.29, 1.82) is 0 Å². The second-order valence-corrected chi connectivity index (χ2v) is 7.10. The zero-order chi connectivity index (χ0) is 15.5. The Morgan fingerprint density at radius 2 is 1.95 bits per heavy atom. The topological polar surface area (TPSA) is 75.4 Å². The molecule has 0 aliphatic carbocycles. The second-order valence-electron chi connectivity index (χ2n) is 7.10. The third-order valence-corrected chi connectivity index (χ3v) is 4.01. The molecule has 5 heteroatoms. The van der Waals surface area contributed by atoms with Crippen LogP contribution in [0.15, 0.2) is 0 Å². The highest BCUT2D eigenvalue weighted by Crippen LogP contribution is 2.32. The van der Waals surface area contributed by atoms with E-state index in [2.05, 4.69) is 26.1 Å². The smallest absolute Gasteiger partial charge is 0.242 e. The van der Waals surface area contributed by atoms with Crippen molar-refractivity contribution in [1.82, 2.24) is 10.2 Å². The quantitative estimate of drug-likeness (QED) is 0.812. The number of nitrogens with two attached hydrogens (primary N) is 1. The molecule has 1 fully saturated rings. The minimum atomic E-state index is -0.556. The molecule has 0 bridgehead atoms. The van der Waals surface area contributed by atoms with Crippen molar-refractivity contribution in [2.45, 2.75) is 59.5 Å². The Morgan fingerprint density at radius 3 is 2.45 bits per heavy atom. The van der Waals surface area contributed by atoms with Crippen LogP contribution in [0.3, 0.4) is 0 Å². The molecule has 3 N–H and O–H groups in total. The van der Waals surface area contributed by atoms with Crippen molar-refractivity contribution in [2.24, 2.45) is 17.1 Å². The summed E-state index contributed by atoms with van der Waals surface area (Å²) in [4.78, 5) is 25.9. The van der Waals surface area contributed by atoms with Gasteiger partial charge in [0, 0.05) is 12.6 Å².